The minimum absolute atomic E-state index is 0.0855. The van der Waals surface area contributed by atoms with E-state index in [0.717, 1.165) is 24.0 Å². The molecule has 156 valence electrons. The van der Waals surface area contributed by atoms with Gasteiger partial charge in [0.2, 0.25) is 15.9 Å². The summed E-state index contributed by atoms with van der Waals surface area (Å²) in [6.45, 7) is 5.71. The molecule has 1 fully saturated rings. The first kappa shape index (κ1) is 21.5. The Hall–Kier alpha value is -2.18. The van der Waals surface area contributed by atoms with Crippen LogP contribution in [0.2, 0.25) is 0 Å². The number of hydrogen-bond donors (Lipinski definition) is 0. The van der Waals surface area contributed by atoms with Gasteiger partial charge >= 0.3 is 0 Å². The molecule has 29 heavy (non-hydrogen) atoms. The standard InChI is InChI=1S/C23H30N2O3S/c1-3-7-20-10-12-22(13-11-20)29(27,28)25-16-14-24(15-17-25)23(26)18-19(2)21-8-5-4-6-9-21/h4-6,8-13,19H,3,7,14-18H2,1-2H3/t19-/m1/s1. The average molecular weight is 415 g/mol. The topological polar surface area (TPSA) is 57.7 Å². The van der Waals surface area contributed by atoms with Crippen LogP contribution < -0.4 is 0 Å². The molecule has 0 N–H and O–H groups in total. The van der Waals surface area contributed by atoms with Gasteiger partial charge in [0.25, 0.3) is 0 Å². The number of benzene rings is 2. The van der Waals surface area contributed by atoms with Crippen LogP contribution in [0.3, 0.4) is 0 Å². The maximum Gasteiger partial charge on any atom is 0.243 e. The smallest absolute Gasteiger partial charge is 0.243 e. The first-order valence-electron chi connectivity index (χ1n) is 10.3. The first-order chi connectivity index (χ1) is 13.9. The summed E-state index contributed by atoms with van der Waals surface area (Å²) in [5, 5.41) is 0. The molecule has 1 aliphatic rings. The summed E-state index contributed by atoms with van der Waals surface area (Å²) in [5.41, 5.74) is 2.29. The molecule has 0 saturated carbocycles. The summed E-state index contributed by atoms with van der Waals surface area (Å²) in [6.07, 6.45) is 2.42. The van der Waals surface area contributed by atoms with Gasteiger partial charge in [-0.3, -0.25) is 4.79 Å². The summed E-state index contributed by atoms with van der Waals surface area (Å²) in [4.78, 5) is 14.8. The molecule has 0 radical (unpaired) electrons. The predicted molar refractivity (Wildman–Crippen MR) is 115 cm³/mol. The van der Waals surface area contributed by atoms with E-state index in [1.54, 1.807) is 17.0 Å². The van der Waals surface area contributed by atoms with E-state index in [-0.39, 0.29) is 11.8 Å². The van der Waals surface area contributed by atoms with Gasteiger partial charge in [-0.25, -0.2) is 8.42 Å². The van der Waals surface area contributed by atoms with Crippen LogP contribution in [-0.2, 0) is 21.2 Å². The normalized spacial score (nSPS) is 16.6. The zero-order valence-corrected chi connectivity index (χ0v) is 18.1. The van der Waals surface area contributed by atoms with E-state index in [1.165, 1.54) is 4.31 Å². The fourth-order valence-corrected chi connectivity index (χ4v) is 5.16. The van der Waals surface area contributed by atoms with Crippen LogP contribution in [0.1, 0.15) is 43.7 Å². The molecule has 1 amide bonds. The molecule has 1 aliphatic heterocycles. The molecule has 1 saturated heterocycles. The van der Waals surface area contributed by atoms with Gasteiger partial charge in [0, 0.05) is 32.6 Å². The van der Waals surface area contributed by atoms with Gasteiger partial charge in [0.05, 0.1) is 4.90 Å². The first-order valence-corrected chi connectivity index (χ1v) is 11.8. The maximum absolute atomic E-state index is 12.9. The predicted octanol–water partition coefficient (Wildman–Crippen LogP) is 3.67. The van der Waals surface area contributed by atoms with Crippen LogP contribution in [0, 0.1) is 0 Å². The third-order valence-corrected chi connectivity index (χ3v) is 7.45. The van der Waals surface area contributed by atoms with Crippen molar-refractivity contribution in [2.45, 2.75) is 43.9 Å². The van der Waals surface area contributed by atoms with Gasteiger partial charge in [-0.05, 0) is 35.6 Å². The van der Waals surface area contributed by atoms with Crippen molar-refractivity contribution in [2.24, 2.45) is 0 Å². The Labute approximate surface area is 174 Å². The molecule has 0 aliphatic carbocycles. The van der Waals surface area contributed by atoms with Crippen molar-refractivity contribution in [3.05, 3.63) is 65.7 Å². The SMILES string of the molecule is CCCc1ccc(S(=O)(=O)N2CCN(C(=O)C[C@@H](C)c3ccccc3)CC2)cc1. The number of carbonyl (C=O) groups is 1. The number of hydrogen-bond acceptors (Lipinski definition) is 3. The Balaban J connectivity index is 1.57. The highest BCUT2D eigenvalue weighted by Gasteiger charge is 2.30. The Bertz CT molecular complexity index is 903. The largest absolute Gasteiger partial charge is 0.340 e. The van der Waals surface area contributed by atoms with Crippen LogP contribution in [0.4, 0.5) is 0 Å². The number of amides is 1. The molecule has 2 aromatic carbocycles. The molecule has 0 spiro atoms. The van der Waals surface area contributed by atoms with Gasteiger partial charge in [-0.15, -0.1) is 0 Å². The molecule has 0 aromatic heterocycles. The Morgan fingerprint density at radius 2 is 1.59 bits per heavy atom. The van der Waals surface area contributed by atoms with Crippen LogP contribution in [0.25, 0.3) is 0 Å². The third kappa shape index (κ3) is 5.25. The van der Waals surface area contributed by atoms with Crippen molar-refractivity contribution in [1.82, 2.24) is 9.21 Å². The fraction of sp³-hybridized carbons (Fsp3) is 0.435. The molecule has 5 nitrogen and oxygen atoms in total. The molecule has 6 heteroatoms. The van der Waals surface area contributed by atoms with E-state index >= 15 is 0 Å². The lowest BCUT2D eigenvalue weighted by atomic mass is 9.97. The van der Waals surface area contributed by atoms with E-state index in [4.69, 9.17) is 0 Å². The molecule has 3 rings (SSSR count). The summed E-state index contributed by atoms with van der Waals surface area (Å²) >= 11 is 0. The van der Waals surface area contributed by atoms with Gasteiger partial charge in [-0.2, -0.15) is 4.31 Å². The van der Waals surface area contributed by atoms with Crippen LogP contribution >= 0.6 is 0 Å². The third-order valence-electron chi connectivity index (χ3n) is 5.54. The number of piperazine rings is 1. The number of aryl methyl sites for hydroxylation is 1. The Morgan fingerprint density at radius 3 is 2.17 bits per heavy atom. The van der Waals surface area contributed by atoms with E-state index in [2.05, 4.69) is 13.8 Å². The molecule has 1 heterocycles. The van der Waals surface area contributed by atoms with Crippen LogP contribution in [0.15, 0.2) is 59.5 Å². The highest BCUT2D eigenvalue weighted by molar-refractivity contribution is 7.89. The zero-order chi connectivity index (χ0) is 20.9. The molecule has 1 atom stereocenters. The lowest BCUT2D eigenvalue weighted by Gasteiger charge is -2.34. The van der Waals surface area contributed by atoms with Crippen LogP contribution in [-0.4, -0.2) is 49.7 Å². The minimum Gasteiger partial charge on any atom is -0.340 e. The lowest BCUT2D eigenvalue weighted by molar-refractivity contribution is -0.132. The molecule has 0 bridgehead atoms. The second kappa shape index (κ2) is 9.55. The van der Waals surface area contributed by atoms with E-state index < -0.39 is 10.0 Å². The van der Waals surface area contributed by atoms with Gasteiger partial charge < -0.3 is 4.90 Å². The van der Waals surface area contributed by atoms with Crippen molar-refractivity contribution in [3.63, 3.8) is 0 Å². The summed E-state index contributed by atoms with van der Waals surface area (Å²) in [7, 11) is -3.51. The summed E-state index contributed by atoms with van der Waals surface area (Å²) in [5.74, 6) is 0.231. The molecule has 2 aromatic rings. The van der Waals surface area contributed by atoms with Gasteiger partial charge in [-0.1, -0.05) is 62.7 Å². The molecular formula is C23H30N2O3S. The Kier molecular flexibility index (Phi) is 7.09. The highest BCUT2D eigenvalue weighted by atomic mass is 32.2. The van der Waals surface area contributed by atoms with Crippen molar-refractivity contribution >= 4 is 15.9 Å². The monoisotopic (exact) mass is 414 g/mol. The zero-order valence-electron chi connectivity index (χ0n) is 17.3. The lowest BCUT2D eigenvalue weighted by Crippen LogP contribution is -2.50. The maximum atomic E-state index is 12.9. The number of carbonyl (C=O) groups excluding carboxylic acids is 1. The van der Waals surface area contributed by atoms with E-state index in [9.17, 15) is 13.2 Å². The number of sulfonamides is 1. The highest BCUT2D eigenvalue weighted by Crippen LogP contribution is 2.22. The number of rotatable bonds is 7. The van der Waals surface area contributed by atoms with E-state index in [1.807, 2.05) is 42.5 Å². The molecular weight excluding hydrogens is 384 g/mol. The minimum atomic E-state index is -3.51. The second-order valence-corrected chi connectivity index (χ2v) is 9.63. The van der Waals surface area contributed by atoms with Crippen molar-refractivity contribution in [2.75, 3.05) is 26.2 Å². The van der Waals surface area contributed by atoms with Gasteiger partial charge in [0.15, 0.2) is 0 Å². The quantitative estimate of drug-likeness (QED) is 0.695. The molecule has 0 unspecified atom stereocenters. The summed E-state index contributed by atoms with van der Waals surface area (Å²) < 4.78 is 27.3. The van der Waals surface area contributed by atoms with Crippen LogP contribution in [0.5, 0.6) is 0 Å². The average Bonchev–Trinajstić information content (AvgIpc) is 2.75. The van der Waals surface area contributed by atoms with Crippen molar-refractivity contribution < 1.29 is 13.2 Å². The second-order valence-electron chi connectivity index (χ2n) is 7.69. The number of nitrogens with zero attached hydrogens (tertiary/aromatic N) is 2. The van der Waals surface area contributed by atoms with Crippen molar-refractivity contribution in [1.29, 1.82) is 0 Å². The Morgan fingerprint density at radius 1 is 0.966 bits per heavy atom. The van der Waals surface area contributed by atoms with Gasteiger partial charge in [0.1, 0.15) is 0 Å². The van der Waals surface area contributed by atoms with Crippen molar-refractivity contribution in [3.8, 4) is 0 Å². The fourth-order valence-electron chi connectivity index (χ4n) is 3.73. The summed E-state index contributed by atoms with van der Waals surface area (Å²) in [6, 6.07) is 17.2. The van der Waals surface area contributed by atoms with E-state index in [0.29, 0.717) is 37.5 Å².